The summed E-state index contributed by atoms with van der Waals surface area (Å²) in [7, 11) is 1.68. The molecule has 0 radical (unpaired) electrons. The Balaban J connectivity index is 2.35. The van der Waals surface area contributed by atoms with Crippen molar-refractivity contribution in [1.82, 2.24) is 4.90 Å². The molecule has 0 fully saturated rings. The molecule has 0 saturated carbocycles. The number of aliphatic hydroxyl groups is 1. The number of carbonyl (C=O) groups is 1. The largest absolute Gasteiger partial charge is 0.493 e. The highest BCUT2D eigenvalue weighted by atomic mass is 79.9. The second-order valence-corrected chi connectivity index (χ2v) is 6.03. The molecule has 106 valence electrons. The Kier molecular flexibility index (Phi) is 5.82. The van der Waals surface area contributed by atoms with E-state index in [-0.39, 0.29) is 5.91 Å². The normalized spacial score (nSPS) is 11.2. The van der Waals surface area contributed by atoms with Gasteiger partial charge in [0, 0.05) is 18.1 Å². The van der Waals surface area contributed by atoms with Crippen LogP contribution in [0.25, 0.3) is 0 Å². The summed E-state index contributed by atoms with van der Waals surface area (Å²) in [5.74, 6) is 0.685. The van der Waals surface area contributed by atoms with Crippen LogP contribution in [0.5, 0.6) is 5.75 Å². The molecule has 0 aliphatic heterocycles. The van der Waals surface area contributed by atoms with Crippen LogP contribution in [0.2, 0.25) is 0 Å². The SMILES string of the molecule is CN(CC(C)(C)O)C(=O)CCOc1cccc(Br)c1. The molecule has 0 aliphatic carbocycles. The molecule has 0 heterocycles. The van der Waals surface area contributed by atoms with Gasteiger partial charge in [0.2, 0.25) is 5.91 Å². The molecule has 0 aliphatic rings. The first-order chi connectivity index (χ1) is 8.78. The topological polar surface area (TPSA) is 49.8 Å². The molecule has 0 bridgehead atoms. The van der Waals surface area contributed by atoms with Crippen LogP contribution >= 0.6 is 15.9 Å². The van der Waals surface area contributed by atoms with Crippen molar-refractivity contribution in [2.24, 2.45) is 0 Å². The average Bonchev–Trinajstić information content (AvgIpc) is 2.26. The highest BCUT2D eigenvalue weighted by Gasteiger charge is 2.19. The van der Waals surface area contributed by atoms with Gasteiger partial charge in [0.05, 0.1) is 18.6 Å². The van der Waals surface area contributed by atoms with Gasteiger partial charge in [0.15, 0.2) is 0 Å². The van der Waals surface area contributed by atoms with Gasteiger partial charge in [-0.25, -0.2) is 0 Å². The van der Waals surface area contributed by atoms with Crippen molar-refractivity contribution in [3.8, 4) is 5.75 Å². The molecule has 4 nitrogen and oxygen atoms in total. The van der Waals surface area contributed by atoms with Gasteiger partial charge in [-0.1, -0.05) is 22.0 Å². The van der Waals surface area contributed by atoms with E-state index in [1.165, 1.54) is 4.90 Å². The van der Waals surface area contributed by atoms with E-state index < -0.39 is 5.60 Å². The van der Waals surface area contributed by atoms with E-state index in [1.807, 2.05) is 24.3 Å². The van der Waals surface area contributed by atoms with E-state index in [1.54, 1.807) is 20.9 Å². The fourth-order valence-corrected chi connectivity index (χ4v) is 2.05. The number of benzene rings is 1. The first-order valence-electron chi connectivity index (χ1n) is 6.13. The maximum absolute atomic E-state index is 11.8. The number of nitrogens with zero attached hydrogens (tertiary/aromatic N) is 1. The van der Waals surface area contributed by atoms with E-state index in [0.29, 0.717) is 19.6 Å². The van der Waals surface area contributed by atoms with Crippen molar-refractivity contribution in [3.05, 3.63) is 28.7 Å². The lowest BCUT2D eigenvalue weighted by Crippen LogP contribution is -2.40. The third kappa shape index (κ3) is 6.59. The zero-order chi connectivity index (χ0) is 14.5. The predicted octanol–water partition coefficient (Wildman–Crippen LogP) is 2.45. The van der Waals surface area contributed by atoms with Crippen LogP contribution in [0.4, 0.5) is 0 Å². The molecule has 0 spiro atoms. The first kappa shape index (κ1) is 16.0. The number of halogens is 1. The Morgan fingerprint density at radius 2 is 2.16 bits per heavy atom. The lowest BCUT2D eigenvalue weighted by atomic mass is 10.1. The second-order valence-electron chi connectivity index (χ2n) is 5.12. The summed E-state index contributed by atoms with van der Waals surface area (Å²) < 4.78 is 6.44. The molecular formula is C14H20BrNO3. The number of carbonyl (C=O) groups excluding carboxylic acids is 1. The number of rotatable bonds is 6. The molecule has 19 heavy (non-hydrogen) atoms. The standard InChI is InChI=1S/C14H20BrNO3/c1-14(2,18)10-16(3)13(17)7-8-19-12-6-4-5-11(15)9-12/h4-6,9,18H,7-8,10H2,1-3H3. The van der Waals surface area contributed by atoms with E-state index in [2.05, 4.69) is 15.9 Å². The van der Waals surface area contributed by atoms with Crippen LogP contribution < -0.4 is 4.74 Å². The summed E-state index contributed by atoms with van der Waals surface area (Å²) in [6.45, 7) is 3.98. The Morgan fingerprint density at radius 1 is 1.47 bits per heavy atom. The number of hydrogen-bond donors (Lipinski definition) is 1. The van der Waals surface area contributed by atoms with Gasteiger partial charge in [-0.15, -0.1) is 0 Å². The second kappa shape index (κ2) is 6.91. The predicted molar refractivity (Wildman–Crippen MR) is 78.2 cm³/mol. The van der Waals surface area contributed by atoms with Gasteiger partial charge >= 0.3 is 0 Å². The summed E-state index contributed by atoms with van der Waals surface area (Å²) >= 11 is 3.36. The lowest BCUT2D eigenvalue weighted by molar-refractivity contribution is -0.133. The molecule has 0 unspecified atom stereocenters. The van der Waals surface area contributed by atoms with E-state index >= 15 is 0 Å². The van der Waals surface area contributed by atoms with E-state index in [0.717, 1.165) is 10.2 Å². The molecule has 1 rings (SSSR count). The third-order valence-electron chi connectivity index (χ3n) is 2.43. The van der Waals surface area contributed by atoms with Gasteiger partial charge in [-0.2, -0.15) is 0 Å². The summed E-state index contributed by atoms with van der Waals surface area (Å²) in [5, 5.41) is 9.64. The Morgan fingerprint density at radius 3 is 2.74 bits per heavy atom. The van der Waals surface area contributed by atoms with Crippen molar-refractivity contribution in [1.29, 1.82) is 0 Å². The van der Waals surface area contributed by atoms with Crippen LogP contribution in [-0.2, 0) is 4.79 Å². The first-order valence-corrected chi connectivity index (χ1v) is 6.92. The summed E-state index contributed by atoms with van der Waals surface area (Å²) in [5.41, 5.74) is -0.879. The summed E-state index contributed by atoms with van der Waals surface area (Å²) in [4.78, 5) is 13.3. The minimum Gasteiger partial charge on any atom is -0.493 e. The Hall–Kier alpha value is -1.07. The quantitative estimate of drug-likeness (QED) is 0.872. The van der Waals surface area contributed by atoms with Gasteiger partial charge in [-0.05, 0) is 32.0 Å². The van der Waals surface area contributed by atoms with Crippen LogP contribution in [-0.4, -0.2) is 41.7 Å². The molecule has 1 aromatic carbocycles. The zero-order valence-corrected chi connectivity index (χ0v) is 13.1. The third-order valence-corrected chi connectivity index (χ3v) is 2.92. The van der Waals surface area contributed by atoms with Crippen molar-refractivity contribution in [3.63, 3.8) is 0 Å². The maximum atomic E-state index is 11.8. The van der Waals surface area contributed by atoms with Crippen LogP contribution in [0, 0.1) is 0 Å². The number of amides is 1. The fourth-order valence-electron chi connectivity index (χ4n) is 1.67. The Labute approximate surface area is 122 Å². The van der Waals surface area contributed by atoms with Gasteiger partial charge in [0.25, 0.3) is 0 Å². The van der Waals surface area contributed by atoms with E-state index in [4.69, 9.17) is 4.74 Å². The van der Waals surface area contributed by atoms with Crippen LogP contribution in [0.15, 0.2) is 28.7 Å². The number of likely N-dealkylation sites (N-methyl/N-ethyl adjacent to an activating group) is 1. The van der Waals surface area contributed by atoms with E-state index in [9.17, 15) is 9.90 Å². The molecule has 1 amide bonds. The molecule has 0 aromatic heterocycles. The number of hydrogen-bond acceptors (Lipinski definition) is 3. The van der Waals surface area contributed by atoms with Crippen molar-refractivity contribution in [2.45, 2.75) is 25.9 Å². The fraction of sp³-hybridized carbons (Fsp3) is 0.500. The highest BCUT2D eigenvalue weighted by Crippen LogP contribution is 2.17. The monoisotopic (exact) mass is 329 g/mol. The number of ether oxygens (including phenoxy) is 1. The smallest absolute Gasteiger partial charge is 0.225 e. The molecular weight excluding hydrogens is 310 g/mol. The molecule has 1 aromatic rings. The minimum absolute atomic E-state index is 0.0443. The lowest BCUT2D eigenvalue weighted by Gasteiger charge is -2.25. The molecule has 1 N–H and O–H groups in total. The molecule has 0 saturated heterocycles. The van der Waals surface area contributed by atoms with Crippen molar-refractivity contribution < 1.29 is 14.6 Å². The minimum atomic E-state index is -0.879. The summed E-state index contributed by atoms with van der Waals surface area (Å²) in [6.07, 6.45) is 0.291. The van der Waals surface area contributed by atoms with Crippen LogP contribution in [0.3, 0.4) is 0 Å². The van der Waals surface area contributed by atoms with Crippen molar-refractivity contribution >= 4 is 21.8 Å². The maximum Gasteiger partial charge on any atom is 0.225 e. The van der Waals surface area contributed by atoms with Gasteiger partial charge in [0.1, 0.15) is 5.75 Å². The summed E-state index contributed by atoms with van der Waals surface area (Å²) in [6, 6.07) is 7.48. The average molecular weight is 330 g/mol. The van der Waals surface area contributed by atoms with Gasteiger partial charge < -0.3 is 14.7 Å². The Bertz CT molecular complexity index is 429. The molecule has 0 atom stereocenters. The molecule has 5 heteroatoms. The highest BCUT2D eigenvalue weighted by molar-refractivity contribution is 9.10. The zero-order valence-electron chi connectivity index (χ0n) is 11.5. The van der Waals surface area contributed by atoms with Crippen molar-refractivity contribution in [2.75, 3.05) is 20.2 Å². The van der Waals surface area contributed by atoms with Crippen LogP contribution in [0.1, 0.15) is 20.3 Å². The van der Waals surface area contributed by atoms with Gasteiger partial charge in [-0.3, -0.25) is 4.79 Å².